The van der Waals surface area contributed by atoms with E-state index in [1.54, 1.807) is 12.1 Å². The van der Waals surface area contributed by atoms with Crippen molar-refractivity contribution in [2.75, 3.05) is 0 Å². The largest absolute Gasteiger partial charge is 0.416 e. The van der Waals surface area contributed by atoms with Gasteiger partial charge in [0.05, 0.1) is 0 Å². The van der Waals surface area contributed by atoms with Crippen molar-refractivity contribution < 1.29 is 4.42 Å². The zero-order valence-corrected chi connectivity index (χ0v) is 22.5. The first-order valence-electron chi connectivity index (χ1n) is 12.3. The number of halogens is 3. The maximum atomic E-state index is 6.41. The van der Waals surface area contributed by atoms with Gasteiger partial charge in [-0.05, 0) is 89.5 Å². The monoisotopic (exact) mass is 568 g/mol. The molecule has 3 aromatic heterocycles. The summed E-state index contributed by atoms with van der Waals surface area (Å²) in [7, 11) is 0. The van der Waals surface area contributed by atoms with Gasteiger partial charge < -0.3 is 14.4 Å². The molecule has 5 nitrogen and oxygen atoms in total. The van der Waals surface area contributed by atoms with E-state index in [-0.39, 0.29) is 5.92 Å². The summed E-state index contributed by atoms with van der Waals surface area (Å²) in [6.07, 6.45) is 4.11. The van der Waals surface area contributed by atoms with Gasteiger partial charge in [-0.1, -0.05) is 46.9 Å². The molecular formula is C31H19Cl3N4O. The highest BCUT2D eigenvalue weighted by Gasteiger charge is 2.24. The smallest absolute Gasteiger partial charge is 0.248 e. The van der Waals surface area contributed by atoms with Gasteiger partial charge in [0.25, 0.3) is 0 Å². The molecule has 0 aliphatic carbocycles. The number of nitrogens with one attached hydrogen (secondary N) is 2. The fourth-order valence-electron chi connectivity index (χ4n) is 5.10. The molecule has 0 aliphatic rings. The lowest BCUT2D eigenvalue weighted by Gasteiger charge is -2.18. The van der Waals surface area contributed by atoms with Gasteiger partial charge in [-0.25, -0.2) is 0 Å². The van der Waals surface area contributed by atoms with Gasteiger partial charge in [0, 0.05) is 66.3 Å². The van der Waals surface area contributed by atoms with Crippen LogP contribution in [-0.4, -0.2) is 20.2 Å². The maximum absolute atomic E-state index is 6.41. The Kier molecular flexibility index (Phi) is 5.93. The number of H-pyrrole nitrogens is 2. The Labute approximate surface area is 238 Å². The second-order valence-electron chi connectivity index (χ2n) is 9.34. The van der Waals surface area contributed by atoms with E-state index in [0.717, 1.165) is 49.6 Å². The molecule has 2 N–H and O–H groups in total. The zero-order valence-electron chi connectivity index (χ0n) is 20.3. The summed E-state index contributed by atoms with van der Waals surface area (Å²) in [4.78, 5) is 6.82. The molecule has 0 saturated heterocycles. The van der Waals surface area contributed by atoms with Crippen LogP contribution < -0.4 is 0 Å². The fourth-order valence-corrected chi connectivity index (χ4v) is 5.57. The van der Waals surface area contributed by atoms with Gasteiger partial charge in [0.15, 0.2) is 0 Å². The van der Waals surface area contributed by atoms with E-state index in [1.807, 2.05) is 60.7 Å². The van der Waals surface area contributed by atoms with Crippen LogP contribution in [0.1, 0.15) is 22.6 Å². The molecule has 8 heteroatoms. The van der Waals surface area contributed by atoms with Crippen molar-refractivity contribution in [2.45, 2.75) is 5.92 Å². The van der Waals surface area contributed by atoms with Gasteiger partial charge in [-0.15, -0.1) is 10.2 Å². The lowest BCUT2D eigenvalue weighted by molar-refractivity contribution is 0.584. The van der Waals surface area contributed by atoms with Crippen molar-refractivity contribution in [3.05, 3.63) is 129 Å². The SMILES string of the molecule is Clc1ccc(-c2nnc(-c3ccc(C(c4c[nH]c5ccc(Cl)cc45)c4c[nH]c5ccc(Cl)cc45)cc3)o2)cc1. The Bertz CT molecular complexity index is 1870. The summed E-state index contributed by atoms with van der Waals surface area (Å²) >= 11 is 18.8. The molecule has 7 rings (SSSR count). The van der Waals surface area contributed by atoms with Crippen LogP contribution in [0.3, 0.4) is 0 Å². The molecule has 0 fully saturated rings. The molecule has 190 valence electrons. The van der Waals surface area contributed by atoms with E-state index in [2.05, 4.69) is 44.7 Å². The van der Waals surface area contributed by atoms with Gasteiger partial charge in [-0.2, -0.15) is 0 Å². The second-order valence-corrected chi connectivity index (χ2v) is 10.7. The highest BCUT2D eigenvalue weighted by atomic mass is 35.5. The number of fused-ring (bicyclic) bond motifs is 2. The van der Waals surface area contributed by atoms with Crippen LogP contribution >= 0.6 is 34.8 Å². The molecule has 39 heavy (non-hydrogen) atoms. The van der Waals surface area contributed by atoms with Crippen molar-refractivity contribution in [2.24, 2.45) is 0 Å². The molecule has 7 aromatic rings. The van der Waals surface area contributed by atoms with E-state index in [9.17, 15) is 0 Å². The van der Waals surface area contributed by atoms with Crippen molar-refractivity contribution in [3.8, 4) is 22.9 Å². The van der Waals surface area contributed by atoms with Crippen LogP contribution in [0.5, 0.6) is 0 Å². The van der Waals surface area contributed by atoms with Crippen LogP contribution in [-0.2, 0) is 0 Å². The molecule has 4 aromatic carbocycles. The molecule has 3 heterocycles. The molecule has 0 amide bonds. The number of hydrogen-bond acceptors (Lipinski definition) is 3. The second kappa shape index (κ2) is 9.62. The number of aromatic nitrogens is 4. The van der Waals surface area contributed by atoms with Gasteiger partial charge in [-0.3, -0.25) is 0 Å². The van der Waals surface area contributed by atoms with Crippen molar-refractivity contribution in [3.63, 3.8) is 0 Å². The first kappa shape index (κ1) is 24.0. The maximum Gasteiger partial charge on any atom is 0.248 e. The number of hydrogen-bond donors (Lipinski definition) is 2. The van der Waals surface area contributed by atoms with Gasteiger partial charge in [0.2, 0.25) is 11.8 Å². The predicted molar refractivity (Wildman–Crippen MR) is 158 cm³/mol. The van der Waals surface area contributed by atoms with E-state index >= 15 is 0 Å². The topological polar surface area (TPSA) is 70.5 Å². The van der Waals surface area contributed by atoms with E-state index < -0.39 is 0 Å². The number of benzene rings is 4. The summed E-state index contributed by atoms with van der Waals surface area (Å²) in [5.74, 6) is 0.793. The fraction of sp³-hybridized carbons (Fsp3) is 0.0323. The number of aromatic amines is 2. The van der Waals surface area contributed by atoms with Crippen LogP contribution in [0, 0.1) is 0 Å². The molecule has 0 unspecified atom stereocenters. The third-order valence-corrected chi connectivity index (χ3v) is 7.70. The van der Waals surface area contributed by atoms with E-state index in [0.29, 0.717) is 26.8 Å². The lowest BCUT2D eigenvalue weighted by Crippen LogP contribution is -2.02. The minimum Gasteiger partial charge on any atom is -0.416 e. The standard InChI is InChI=1S/C31H19Cl3N4O/c32-20-7-5-19(6-8-20)31-38-37-30(39-31)18-3-1-17(2-4-18)29(25-15-35-27-11-9-21(33)13-23(25)27)26-16-36-28-12-10-22(34)14-24(26)28/h1-16,29,35-36H. The molecule has 0 atom stereocenters. The quantitative estimate of drug-likeness (QED) is 0.217. The van der Waals surface area contributed by atoms with Crippen LogP contribution in [0.4, 0.5) is 0 Å². The minimum atomic E-state index is -0.0919. The average molecular weight is 570 g/mol. The molecule has 0 radical (unpaired) electrons. The Morgan fingerprint density at radius 1 is 0.564 bits per heavy atom. The van der Waals surface area contributed by atoms with Gasteiger partial charge >= 0.3 is 0 Å². The summed E-state index contributed by atoms with van der Waals surface area (Å²) in [6.45, 7) is 0. The van der Waals surface area contributed by atoms with Gasteiger partial charge in [0.1, 0.15) is 0 Å². The Hall–Kier alpha value is -4.03. The predicted octanol–water partition coefficient (Wildman–Crippen LogP) is 9.51. The third kappa shape index (κ3) is 4.39. The van der Waals surface area contributed by atoms with E-state index in [1.165, 1.54) is 0 Å². The van der Waals surface area contributed by atoms with Crippen molar-refractivity contribution >= 4 is 56.6 Å². The summed E-state index contributed by atoms with van der Waals surface area (Å²) in [6, 6.07) is 27.3. The number of nitrogens with zero attached hydrogens (tertiary/aromatic N) is 2. The number of rotatable bonds is 5. The highest BCUT2D eigenvalue weighted by molar-refractivity contribution is 6.32. The molecule has 0 bridgehead atoms. The Morgan fingerprint density at radius 3 is 1.54 bits per heavy atom. The van der Waals surface area contributed by atoms with Crippen LogP contribution in [0.25, 0.3) is 44.7 Å². The van der Waals surface area contributed by atoms with Crippen LogP contribution in [0.2, 0.25) is 15.1 Å². The minimum absolute atomic E-state index is 0.0919. The molecular weight excluding hydrogens is 551 g/mol. The molecule has 0 spiro atoms. The Morgan fingerprint density at radius 2 is 1.03 bits per heavy atom. The van der Waals surface area contributed by atoms with E-state index in [4.69, 9.17) is 39.2 Å². The molecule has 0 aliphatic heterocycles. The third-order valence-electron chi connectivity index (χ3n) is 6.98. The Balaban J connectivity index is 1.33. The van der Waals surface area contributed by atoms with Crippen LogP contribution in [0.15, 0.2) is 102 Å². The average Bonchev–Trinajstić information content (AvgIpc) is 3.69. The first-order valence-corrected chi connectivity index (χ1v) is 13.4. The zero-order chi connectivity index (χ0) is 26.5. The highest BCUT2D eigenvalue weighted by Crippen LogP contribution is 2.41. The normalized spacial score (nSPS) is 11.7. The van der Waals surface area contributed by atoms with Crippen molar-refractivity contribution in [1.29, 1.82) is 0 Å². The lowest BCUT2D eigenvalue weighted by atomic mass is 9.84. The summed E-state index contributed by atoms with van der Waals surface area (Å²) in [5, 5.41) is 12.7. The molecule has 0 saturated carbocycles. The van der Waals surface area contributed by atoms with Crippen molar-refractivity contribution in [1.82, 2.24) is 20.2 Å². The summed E-state index contributed by atoms with van der Waals surface area (Å²) in [5.41, 5.74) is 7.01. The summed E-state index contributed by atoms with van der Waals surface area (Å²) < 4.78 is 5.98. The first-order chi connectivity index (χ1) is 19.0.